The van der Waals surface area contributed by atoms with E-state index in [2.05, 4.69) is 31.2 Å². The number of hydrogen-bond donors (Lipinski definition) is 0. The van der Waals surface area contributed by atoms with Crippen molar-refractivity contribution in [3.8, 4) is 0 Å². The summed E-state index contributed by atoms with van der Waals surface area (Å²) >= 11 is 0. The summed E-state index contributed by atoms with van der Waals surface area (Å²) in [6.07, 6.45) is 1.87. The van der Waals surface area contributed by atoms with Gasteiger partial charge in [0.05, 0.1) is 8.07 Å². The van der Waals surface area contributed by atoms with E-state index in [1.54, 1.807) is 7.05 Å². The first-order valence-electron chi connectivity index (χ1n) is 3.10. The maximum atomic E-state index is 3.93. The van der Waals surface area contributed by atoms with Crippen molar-refractivity contribution in [3.05, 3.63) is 11.8 Å². The molecule has 0 N–H and O–H groups in total. The van der Waals surface area contributed by atoms with E-state index in [0.717, 1.165) is 0 Å². The van der Waals surface area contributed by atoms with Crippen molar-refractivity contribution in [2.75, 3.05) is 7.05 Å². The molecule has 0 rings (SSSR count). The van der Waals surface area contributed by atoms with E-state index in [1.165, 1.54) is 5.20 Å². The summed E-state index contributed by atoms with van der Waals surface area (Å²) in [7, 11) is 0.658. The SMILES string of the molecule is C=C(/C=N\C)[Si](C)(C)C. The average Bonchev–Trinajstić information content (AvgIpc) is 1.64. The molecule has 0 unspecified atom stereocenters. The third-order valence-corrected chi connectivity index (χ3v) is 3.30. The summed E-state index contributed by atoms with van der Waals surface area (Å²) < 4.78 is 0. The molecule has 0 radical (unpaired) electrons. The molecule has 2 heteroatoms. The Morgan fingerprint density at radius 2 is 1.89 bits per heavy atom. The van der Waals surface area contributed by atoms with E-state index in [4.69, 9.17) is 0 Å². The zero-order valence-electron chi connectivity index (χ0n) is 6.73. The van der Waals surface area contributed by atoms with Crippen LogP contribution in [0.25, 0.3) is 0 Å². The lowest BCUT2D eigenvalue weighted by molar-refractivity contribution is 1.47. The van der Waals surface area contributed by atoms with E-state index in [-0.39, 0.29) is 0 Å². The second-order valence-corrected chi connectivity index (χ2v) is 8.30. The fourth-order valence-electron chi connectivity index (χ4n) is 0.349. The van der Waals surface area contributed by atoms with Crippen LogP contribution in [0.4, 0.5) is 0 Å². The highest BCUT2D eigenvalue weighted by Crippen LogP contribution is 2.08. The van der Waals surface area contributed by atoms with E-state index in [9.17, 15) is 0 Å². The second-order valence-electron chi connectivity index (χ2n) is 3.16. The fourth-order valence-corrected chi connectivity index (χ4v) is 0.866. The largest absolute Gasteiger partial charge is 0.297 e. The number of allylic oxidation sites excluding steroid dienone is 1. The molecule has 0 saturated heterocycles. The molecule has 0 saturated carbocycles. The van der Waals surface area contributed by atoms with Gasteiger partial charge in [0.15, 0.2) is 0 Å². The molecule has 0 aliphatic heterocycles. The van der Waals surface area contributed by atoms with Crippen LogP contribution < -0.4 is 0 Å². The zero-order valence-corrected chi connectivity index (χ0v) is 7.73. The van der Waals surface area contributed by atoms with Gasteiger partial charge in [-0.2, -0.15) is 0 Å². The molecule has 9 heavy (non-hydrogen) atoms. The molecule has 0 aliphatic rings. The Hall–Kier alpha value is -0.373. The molecular weight excluding hydrogens is 126 g/mol. The minimum atomic E-state index is -1.13. The first-order chi connectivity index (χ1) is 3.98. The number of rotatable bonds is 2. The lowest BCUT2D eigenvalue weighted by Crippen LogP contribution is -2.23. The van der Waals surface area contributed by atoms with Crippen molar-refractivity contribution >= 4 is 14.3 Å². The predicted molar refractivity (Wildman–Crippen MR) is 46.9 cm³/mol. The highest BCUT2D eigenvalue weighted by molar-refractivity contribution is 6.86. The van der Waals surface area contributed by atoms with Gasteiger partial charge in [-0.3, -0.25) is 4.99 Å². The van der Waals surface area contributed by atoms with Crippen LogP contribution in [0.15, 0.2) is 16.8 Å². The number of nitrogens with zero attached hydrogens (tertiary/aromatic N) is 1. The second kappa shape index (κ2) is 2.97. The molecular formula is C7H15NSi. The van der Waals surface area contributed by atoms with Gasteiger partial charge in [0.1, 0.15) is 0 Å². The minimum absolute atomic E-state index is 1.13. The molecule has 0 aromatic carbocycles. The quantitative estimate of drug-likeness (QED) is 0.412. The normalized spacial score (nSPS) is 12.4. The summed E-state index contributed by atoms with van der Waals surface area (Å²) in [5.74, 6) is 0. The van der Waals surface area contributed by atoms with Gasteiger partial charge in [0.2, 0.25) is 0 Å². The maximum Gasteiger partial charge on any atom is 0.0788 e. The molecule has 0 aromatic heterocycles. The van der Waals surface area contributed by atoms with E-state index >= 15 is 0 Å². The van der Waals surface area contributed by atoms with Crippen molar-refractivity contribution < 1.29 is 0 Å². The van der Waals surface area contributed by atoms with Crippen LogP contribution in [-0.2, 0) is 0 Å². The molecule has 0 fully saturated rings. The summed E-state index contributed by atoms with van der Waals surface area (Å²) in [6, 6.07) is 0. The minimum Gasteiger partial charge on any atom is -0.297 e. The Balaban J connectivity index is 4.06. The van der Waals surface area contributed by atoms with Gasteiger partial charge in [0, 0.05) is 13.3 Å². The van der Waals surface area contributed by atoms with Crippen molar-refractivity contribution in [1.29, 1.82) is 0 Å². The van der Waals surface area contributed by atoms with Crippen molar-refractivity contribution in [2.24, 2.45) is 4.99 Å². The number of hydrogen-bond acceptors (Lipinski definition) is 1. The lowest BCUT2D eigenvalue weighted by Gasteiger charge is -2.14. The molecule has 0 spiro atoms. The van der Waals surface area contributed by atoms with Crippen LogP contribution in [0.5, 0.6) is 0 Å². The van der Waals surface area contributed by atoms with Gasteiger partial charge in [-0.05, 0) is 5.20 Å². The van der Waals surface area contributed by atoms with Gasteiger partial charge >= 0.3 is 0 Å². The topological polar surface area (TPSA) is 12.4 Å². The molecule has 0 aromatic rings. The van der Waals surface area contributed by atoms with E-state index in [0.29, 0.717) is 0 Å². The smallest absolute Gasteiger partial charge is 0.0788 e. The summed E-state index contributed by atoms with van der Waals surface area (Å²) in [6.45, 7) is 10.7. The molecule has 0 amide bonds. The van der Waals surface area contributed by atoms with Crippen LogP contribution in [0.1, 0.15) is 0 Å². The molecule has 0 atom stereocenters. The van der Waals surface area contributed by atoms with Gasteiger partial charge in [-0.25, -0.2) is 0 Å². The van der Waals surface area contributed by atoms with Crippen LogP contribution in [0.2, 0.25) is 19.6 Å². The first kappa shape index (κ1) is 8.63. The van der Waals surface area contributed by atoms with Gasteiger partial charge in [-0.15, -0.1) is 0 Å². The zero-order chi connectivity index (χ0) is 7.49. The van der Waals surface area contributed by atoms with E-state index in [1.807, 2.05) is 6.21 Å². The Morgan fingerprint density at radius 1 is 1.44 bits per heavy atom. The predicted octanol–water partition coefficient (Wildman–Crippen LogP) is 2.12. The summed E-state index contributed by atoms with van der Waals surface area (Å²) in [5, 5.41) is 1.21. The van der Waals surface area contributed by atoms with Crippen LogP contribution in [0.3, 0.4) is 0 Å². The van der Waals surface area contributed by atoms with E-state index < -0.39 is 8.07 Å². The average molecular weight is 141 g/mol. The third kappa shape index (κ3) is 3.24. The monoisotopic (exact) mass is 141 g/mol. The molecule has 0 heterocycles. The van der Waals surface area contributed by atoms with Crippen LogP contribution in [-0.4, -0.2) is 21.3 Å². The van der Waals surface area contributed by atoms with Gasteiger partial charge < -0.3 is 0 Å². The van der Waals surface area contributed by atoms with Gasteiger partial charge in [0.25, 0.3) is 0 Å². The fraction of sp³-hybridized carbons (Fsp3) is 0.571. The Bertz CT molecular complexity index is 130. The van der Waals surface area contributed by atoms with Crippen molar-refractivity contribution in [3.63, 3.8) is 0 Å². The Labute approximate surface area is 58.5 Å². The highest BCUT2D eigenvalue weighted by atomic mass is 28.3. The van der Waals surface area contributed by atoms with Crippen molar-refractivity contribution in [1.82, 2.24) is 0 Å². The maximum absolute atomic E-state index is 3.93. The highest BCUT2D eigenvalue weighted by Gasteiger charge is 2.14. The first-order valence-corrected chi connectivity index (χ1v) is 6.60. The molecule has 52 valence electrons. The van der Waals surface area contributed by atoms with Crippen LogP contribution in [0, 0.1) is 0 Å². The third-order valence-electron chi connectivity index (χ3n) is 1.25. The molecule has 0 bridgehead atoms. The lowest BCUT2D eigenvalue weighted by atomic mass is 10.7. The van der Waals surface area contributed by atoms with Crippen molar-refractivity contribution in [2.45, 2.75) is 19.6 Å². The molecule has 0 aliphatic carbocycles. The Kier molecular flexibility index (Phi) is 2.84. The van der Waals surface area contributed by atoms with Crippen LogP contribution >= 0.6 is 0 Å². The number of aliphatic imine (C=N–C) groups is 1. The molecule has 1 nitrogen and oxygen atoms in total. The Morgan fingerprint density at radius 3 is 2.00 bits per heavy atom. The summed E-state index contributed by atoms with van der Waals surface area (Å²) in [5.41, 5.74) is 0. The summed E-state index contributed by atoms with van der Waals surface area (Å²) in [4.78, 5) is 3.91. The standard InChI is InChI=1S/C7H15NSi/c1-7(6-8-2)9(3,4)5/h6H,1H2,2-5H3/b8-6-. The van der Waals surface area contributed by atoms with Gasteiger partial charge in [-0.1, -0.05) is 26.2 Å².